The summed E-state index contributed by atoms with van der Waals surface area (Å²) in [4.78, 5) is 29.6. The number of aryl methyl sites for hydroxylation is 1. The zero-order valence-corrected chi connectivity index (χ0v) is 18.3. The van der Waals surface area contributed by atoms with Gasteiger partial charge in [-0.05, 0) is 23.8 Å². The number of hydrazone groups is 1. The molecular weight excluding hydrogens is 467 g/mol. The second-order valence-electron chi connectivity index (χ2n) is 6.91. The molecule has 0 spiro atoms. The molecule has 0 unspecified atom stereocenters. The van der Waals surface area contributed by atoms with Crippen LogP contribution >= 0.6 is 15.9 Å². The normalized spacial score (nSPS) is 11.5. The van der Waals surface area contributed by atoms with Gasteiger partial charge in [-0.1, -0.05) is 46.3 Å². The number of anilines is 1. The molecule has 0 atom stereocenters. The Morgan fingerprint density at radius 2 is 1.81 bits per heavy atom. The fourth-order valence-electron chi connectivity index (χ4n) is 3.20. The number of halogens is 2. The lowest BCUT2D eigenvalue weighted by Crippen LogP contribution is -2.37. The Balaban J connectivity index is 1.83. The topological polar surface area (TPSA) is 86.2 Å². The highest BCUT2D eigenvalue weighted by Crippen LogP contribution is 2.19. The van der Waals surface area contributed by atoms with Gasteiger partial charge in [0.1, 0.15) is 5.82 Å². The van der Waals surface area contributed by atoms with Crippen LogP contribution in [0.1, 0.15) is 11.1 Å². The fourth-order valence-corrected chi connectivity index (χ4v) is 3.46. The first-order valence-electron chi connectivity index (χ1n) is 9.31. The van der Waals surface area contributed by atoms with Crippen molar-refractivity contribution in [3.63, 3.8) is 0 Å². The van der Waals surface area contributed by atoms with E-state index in [0.29, 0.717) is 5.56 Å². The summed E-state index contributed by atoms with van der Waals surface area (Å²) in [5, 5.41) is 4.20. The van der Waals surface area contributed by atoms with E-state index in [1.807, 2.05) is 24.3 Å². The maximum absolute atomic E-state index is 14.3. The highest BCUT2D eigenvalue weighted by Gasteiger charge is 2.20. The standard InChI is InChI=1S/C21H18BrFN6O2/c1-27-18-17(19(30)28(2)21(27)31)29(12-14-5-3-4-6-16(14)23)20(25-18)26-24-11-13-7-9-15(22)10-8-13/h3-11H,12H2,1-2H3,(H,25,26)/b24-11-. The van der Waals surface area contributed by atoms with Crippen molar-refractivity contribution in [2.75, 3.05) is 5.43 Å². The van der Waals surface area contributed by atoms with E-state index < -0.39 is 17.1 Å². The smallest absolute Gasteiger partial charge is 0.298 e. The number of aromatic nitrogens is 4. The van der Waals surface area contributed by atoms with E-state index >= 15 is 0 Å². The van der Waals surface area contributed by atoms with Gasteiger partial charge in [-0.3, -0.25) is 18.5 Å². The van der Waals surface area contributed by atoms with Crippen LogP contribution in [-0.2, 0) is 20.6 Å². The van der Waals surface area contributed by atoms with Gasteiger partial charge in [-0.15, -0.1) is 0 Å². The van der Waals surface area contributed by atoms with Crippen LogP contribution in [0.15, 0.2) is 67.7 Å². The molecular formula is C21H18BrFN6O2. The highest BCUT2D eigenvalue weighted by atomic mass is 79.9. The Labute approximate surface area is 184 Å². The lowest BCUT2D eigenvalue weighted by atomic mass is 10.2. The molecule has 0 saturated carbocycles. The van der Waals surface area contributed by atoms with E-state index in [-0.39, 0.29) is 23.7 Å². The quantitative estimate of drug-likeness (QED) is 0.348. The average Bonchev–Trinajstić information content (AvgIpc) is 3.12. The van der Waals surface area contributed by atoms with Crippen LogP contribution in [-0.4, -0.2) is 24.9 Å². The zero-order chi connectivity index (χ0) is 22.1. The molecule has 2 heterocycles. The molecule has 0 aliphatic carbocycles. The van der Waals surface area contributed by atoms with Crippen molar-refractivity contribution < 1.29 is 4.39 Å². The van der Waals surface area contributed by atoms with Crippen molar-refractivity contribution in [2.24, 2.45) is 19.2 Å². The van der Waals surface area contributed by atoms with Gasteiger partial charge in [0.05, 0.1) is 12.8 Å². The number of rotatable bonds is 5. The predicted molar refractivity (Wildman–Crippen MR) is 121 cm³/mol. The van der Waals surface area contributed by atoms with Crippen molar-refractivity contribution in [1.29, 1.82) is 0 Å². The molecule has 4 aromatic rings. The second kappa shape index (κ2) is 8.31. The summed E-state index contributed by atoms with van der Waals surface area (Å²) in [5.41, 5.74) is 3.38. The SMILES string of the molecule is Cn1c(=O)c2c(nc(N/N=C\c3ccc(Br)cc3)n2Cc2ccccc2F)n(C)c1=O. The molecule has 1 N–H and O–H groups in total. The fraction of sp³-hybridized carbons (Fsp3) is 0.143. The van der Waals surface area contributed by atoms with E-state index in [9.17, 15) is 14.0 Å². The Morgan fingerprint density at radius 1 is 1.10 bits per heavy atom. The third-order valence-corrected chi connectivity index (χ3v) is 5.41. The minimum absolute atomic E-state index is 0.0345. The summed E-state index contributed by atoms with van der Waals surface area (Å²) in [6, 6.07) is 13.8. The van der Waals surface area contributed by atoms with Gasteiger partial charge in [-0.25, -0.2) is 14.6 Å². The summed E-state index contributed by atoms with van der Waals surface area (Å²) < 4.78 is 19.1. The Bertz CT molecular complexity index is 1420. The van der Waals surface area contributed by atoms with Crippen molar-refractivity contribution in [3.05, 3.63) is 90.8 Å². The molecule has 0 radical (unpaired) electrons. The molecule has 0 aliphatic rings. The first-order valence-corrected chi connectivity index (χ1v) is 10.1. The molecule has 0 aliphatic heterocycles. The molecule has 0 bridgehead atoms. The van der Waals surface area contributed by atoms with Gasteiger partial charge in [0, 0.05) is 24.1 Å². The summed E-state index contributed by atoms with van der Waals surface area (Å²) in [6.45, 7) is 0.0345. The van der Waals surface area contributed by atoms with Gasteiger partial charge in [0.25, 0.3) is 5.56 Å². The van der Waals surface area contributed by atoms with Crippen LogP contribution in [0.5, 0.6) is 0 Å². The second-order valence-corrected chi connectivity index (χ2v) is 7.83. The Kier molecular flexibility index (Phi) is 5.55. The van der Waals surface area contributed by atoms with E-state index in [1.54, 1.807) is 24.4 Å². The summed E-state index contributed by atoms with van der Waals surface area (Å²) in [5.74, 6) is -0.194. The van der Waals surface area contributed by atoms with E-state index in [4.69, 9.17) is 0 Å². The van der Waals surface area contributed by atoms with Crippen LogP contribution in [0.2, 0.25) is 0 Å². The van der Waals surface area contributed by atoms with Crippen LogP contribution in [0, 0.1) is 5.82 Å². The maximum atomic E-state index is 14.3. The monoisotopic (exact) mass is 484 g/mol. The van der Waals surface area contributed by atoms with Gasteiger partial charge in [-0.2, -0.15) is 10.1 Å². The molecule has 2 aromatic heterocycles. The summed E-state index contributed by atoms with van der Waals surface area (Å²) >= 11 is 3.38. The van der Waals surface area contributed by atoms with E-state index in [0.717, 1.165) is 14.6 Å². The molecule has 4 rings (SSSR count). The van der Waals surface area contributed by atoms with Gasteiger partial charge >= 0.3 is 5.69 Å². The van der Waals surface area contributed by atoms with Gasteiger partial charge in [0.2, 0.25) is 5.95 Å². The maximum Gasteiger partial charge on any atom is 0.332 e. The van der Waals surface area contributed by atoms with Gasteiger partial charge in [0.15, 0.2) is 11.2 Å². The van der Waals surface area contributed by atoms with Crippen LogP contribution < -0.4 is 16.7 Å². The minimum Gasteiger partial charge on any atom is -0.298 e. The number of hydrogen-bond donors (Lipinski definition) is 1. The first kappa shape index (κ1) is 20.7. The molecule has 158 valence electrons. The van der Waals surface area contributed by atoms with Crippen molar-refractivity contribution in [2.45, 2.75) is 6.54 Å². The minimum atomic E-state index is -0.521. The number of nitrogens with one attached hydrogen (secondary N) is 1. The molecule has 2 aromatic carbocycles. The summed E-state index contributed by atoms with van der Waals surface area (Å²) in [6.07, 6.45) is 1.59. The number of imidazole rings is 1. The molecule has 0 fully saturated rings. The largest absolute Gasteiger partial charge is 0.332 e. The molecule has 31 heavy (non-hydrogen) atoms. The predicted octanol–water partition coefficient (Wildman–Crippen LogP) is 2.83. The van der Waals surface area contributed by atoms with Crippen molar-refractivity contribution in [3.8, 4) is 0 Å². The first-order chi connectivity index (χ1) is 14.9. The van der Waals surface area contributed by atoms with Crippen LogP contribution in [0.3, 0.4) is 0 Å². The lowest BCUT2D eigenvalue weighted by Gasteiger charge is -2.10. The third kappa shape index (κ3) is 3.93. The zero-order valence-electron chi connectivity index (χ0n) is 16.7. The van der Waals surface area contributed by atoms with Crippen LogP contribution in [0.25, 0.3) is 11.2 Å². The Hall–Kier alpha value is -3.53. The number of nitrogens with zero attached hydrogens (tertiary/aromatic N) is 5. The third-order valence-electron chi connectivity index (χ3n) is 4.88. The molecule has 10 heteroatoms. The molecule has 8 nitrogen and oxygen atoms in total. The van der Waals surface area contributed by atoms with Crippen molar-refractivity contribution >= 4 is 39.3 Å². The average molecular weight is 485 g/mol. The molecule has 0 amide bonds. The number of fused-ring (bicyclic) bond motifs is 1. The van der Waals surface area contributed by atoms with Crippen LogP contribution in [0.4, 0.5) is 10.3 Å². The Morgan fingerprint density at radius 3 is 2.52 bits per heavy atom. The lowest BCUT2D eigenvalue weighted by molar-refractivity contribution is 0.601. The number of hydrogen-bond acceptors (Lipinski definition) is 5. The van der Waals surface area contributed by atoms with Gasteiger partial charge < -0.3 is 0 Å². The molecule has 0 saturated heterocycles. The van der Waals surface area contributed by atoms with E-state index in [2.05, 4.69) is 31.4 Å². The highest BCUT2D eigenvalue weighted by molar-refractivity contribution is 9.10. The number of benzene rings is 2. The van der Waals surface area contributed by atoms with E-state index in [1.165, 1.54) is 29.3 Å². The summed E-state index contributed by atoms with van der Waals surface area (Å²) in [7, 11) is 2.92. The van der Waals surface area contributed by atoms with Crippen molar-refractivity contribution in [1.82, 2.24) is 18.7 Å².